The molecule has 0 unspecified atom stereocenters. The summed E-state index contributed by atoms with van der Waals surface area (Å²) in [6, 6.07) is 2.58. The number of hydrogen-bond acceptors (Lipinski definition) is 5. The minimum atomic E-state index is 0.329. The molecule has 20 heavy (non-hydrogen) atoms. The number of hydrogen-bond donors (Lipinski definition) is 1. The van der Waals surface area contributed by atoms with Gasteiger partial charge in [-0.1, -0.05) is 13.8 Å². The van der Waals surface area contributed by atoms with E-state index < -0.39 is 0 Å². The number of rotatable bonds is 5. The minimum absolute atomic E-state index is 0.329. The maximum absolute atomic E-state index is 5.59. The fourth-order valence-corrected chi connectivity index (χ4v) is 1.90. The lowest BCUT2D eigenvalue weighted by Crippen LogP contribution is -2.22. The van der Waals surface area contributed by atoms with Crippen molar-refractivity contribution in [3.63, 3.8) is 0 Å². The van der Waals surface area contributed by atoms with Crippen LogP contribution in [-0.2, 0) is 6.54 Å². The molecule has 5 nitrogen and oxygen atoms in total. The van der Waals surface area contributed by atoms with Crippen LogP contribution in [0.15, 0.2) is 29.1 Å². The van der Waals surface area contributed by atoms with Crippen LogP contribution in [0.5, 0.6) is 11.8 Å². The van der Waals surface area contributed by atoms with Crippen molar-refractivity contribution in [2.75, 3.05) is 0 Å². The highest BCUT2D eigenvalue weighted by Gasteiger charge is 2.06. The first kappa shape index (κ1) is 14.9. The lowest BCUT2D eigenvalue weighted by atomic mass is 10.2. The zero-order valence-electron chi connectivity index (χ0n) is 11.7. The quantitative estimate of drug-likeness (QED) is 0.908. The molecule has 0 radical (unpaired) electrons. The summed E-state index contributed by atoms with van der Waals surface area (Å²) in [7, 11) is 0. The molecule has 6 heteroatoms. The molecule has 0 aliphatic carbocycles. The predicted molar refractivity (Wildman–Crippen MR) is 80.8 cm³/mol. The van der Waals surface area contributed by atoms with Gasteiger partial charge in [0.25, 0.3) is 0 Å². The average molecular weight is 337 g/mol. The Labute approximate surface area is 127 Å². The molecule has 0 saturated heterocycles. The fraction of sp³-hybridized carbons (Fsp3) is 0.357. The van der Waals surface area contributed by atoms with Crippen molar-refractivity contribution in [1.82, 2.24) is 20.3 Å². The third kappa shape index (κ3) is 4.25. The summed E-state index contributed by atoms with van der Waals surface area (Å²) < 4.78 is 6.44. The Morgan fingerprint density at radius 3 is 2.75 bits per heavy atom. The van der Waals surface area contributed by atoms with Crippen LogP contribution in [-0.4, -0.2) is 21.0 Å². The summed E-state index contributed by atoms with van der Waals surface area (Å²) in [6.45, 7) is 6.91. The molecular weight excluding hydrogens is 320 g/mol. The second-order valence-corrected chi connectivity index (χ2v) is 5.66. The Morgan fingerprint density at radius 2 is 2.10 bits per heavy atom. The second-order valence-electron chi connectivity index (χ2n) is 4.74. The van der Waals surface area contributed by atoms with Gasteiger partial charge in [-0.25, -0.2) is 4.98 Å². The first-order valence-electron chi connectivity index (χ1n) is 6.39. The topological polar surface area (TPSA) is 59.9 Å². The fourth-order valence-electron chi connectivity index (χ4n) is 1.56. The highest BCUT2D eigenvalue weighted by molar-refractivity contribution is 9.10. The summed E-state index contributed by atoms with van der Waals surface area (Å²) in [6.07, 6.45) is 5.11. The standard InChI is InChI=1S/C14H17BrN4O/c1-9(2)17-5-11-6-18-14(19-10(11)3)20-13-4-12(15)7-16-8-13/h4,6-9,17H,5H2,1-3H3. The molecule has 0 fully saturated rings. The molecule has 2 rings (SSSR count). The van der Waals surface area contributed by atoms with Crippen molar-refractivity contribution in [3.05, 3.63) is 40.4 Å². The molecule has 0 aliphatic heterocycles. The third-order valence-corrected chi connectivity index (χ3v) is 3.08. The van der Waals surface area contributed by atoms with E-state index >= 15 is 0 Å². The Morgan fingerprint density at radius 1 is 1.30 bits per heavy atom. The molecule has 0 saturated carbocycles. The van der Waals surface area contributed by atoms with E-state index in [0.29, 0.717) is 17.8 Å². The molecule has 106 valence electrons. The van der Waals surface area contributed by atoms with Crippen molar-refractivity contribution in [3.8, 4) is 11.8 Å². The monoisotopic (exact) mass is 336 g/mol. The van der Waals surface area contributed by atoms with E-state index in [-0.39, 0.29) is 0 Å². The summed E-state index contributed by atoms with van der Waals surface area (Å²) in [5.74, 6) is 0.604. The SMILES string of the molecule is Cc1nc(Oc2cncc(Br)c2)ncc1CNC(C)C. The maximum atomic E-state index is 5.59. The highest BCUT2D eigenvalue weighted by Crippen LogP contribution is 2.21. The molecule has 2 heterocycles. The highest BCUT2D eigenvalue weighted by atomic mass is 79.9. The molecule has 2 aromatic rings. The number of aromatic nitrogens is 3. The van der Waals surface area contributed by atoms with Crippen molar-refractivity contribution in [1.29, 1.82) is 0 Å². The van der Waals surface area contributed by atoms with E-state index in [2.05, 4.69) is 50.0 Å². The number of ether oxygens (including phenoxy) is 1. The maximum Gasteiger partial charge on any atom is 0.322 e. The minimum Gasteiger partial charge on any atom is -0.423 e. The second kappa shape index (κ2) is 6.76. The Kier molecular flexibility index (Phi) is 5.03. The van der Waals surface area contributed by atoms with Crippen molar-refractivity contribution >= 4 is 15.9 Å². The van der Waals surface area contributed by atoms with Crippen LogP contribution in [0.4, 0.5) is 0 Å². The Hall–Kier alpha value is -1.53. The zero-order valence-corrected chi connectivity index (χ0v) is 13.3. The van der Waals surface area contributed by atoms with Crippen LogP contribution in [0.25, 0.3) is 0 Å². The van der Waals surface area contributed by atoms with Crippen LogP contribution in [0.1, 0.15) is 25.1 Å². The summed E-state index contributed by atoms with van der Waals surface area (Å²) in [5.41, 5.74) is 1.98. The molecule has 2 aromatic heterocycles. The van der Waals surface area contributed by atoms with Crippen LogP contribution >= 0.6 is 15.9 Å². The van der Waals surface area contributed by atoms with Gasteiger partial charge in [0.05, 0.1) is 6.20 Å². The molecule has 0 amide bonds. The lowest BCUT2D eigenvalue weighted by Gasteiger charge is -2.10. The number of nitrogens with zero attached hydrogens (tertiary/aromatic N) is 3. The van der Waals surface area contributed by atoms with Crippen LogP contribution in [0.2, 0.25) is 0 Å². The van der Waals surface area contributed by atoms with Gasteiger partial charge in [0, 0.05) is 40.7 Å². The molecule has 0 spiro atoms. The Bertz CT molecular complexity index is 589. The number of halogens is 1. The van der Waals surface area contributed by atoms with E-state index in [1.54, 1.807) is 18.6 Å². The smallest absolute Gasteiger partial charge is 0.322 e. The summed E-state index contributed by atoms with van der Waals surface area (Å²) in [5, 5.41) is 3.34. The lowest BCUT2D eigenvalue weighted by molar-refractivity contribution is 0.436. The van der Waals surface area contributed by atoms with Crippen LogP contribution in [0.3, 0.4) is 0 Å². The van der Waals surface area contributed by atoms with Crippen molar-refractivity contribution in [2.45, 2.75) is 33.4 Å². The number of pyridine rings is 1. The molecule has 0 bridgehead atoms. The van der Waals surface area contributed by atoms with E-state index in [1.165, 1.54) is 0 Å². The van der Waals surface area contributed by atoms with E-state index in [9.17, 15) is 0 Å². The molecule has 0 aliphatic rings. The van der Waals surface area contributed by atoms with Gasteiger partial charge in [-0.3, -0.25) is 4.98 Å². The summed E-state index contributed by atoms with van der Waals surface area (Å²) in [4.78, 5) is 12.6. The molecular formula is C14H17BrN4O. The van der Waals surface area contributed by atoms with E-state index in [1.807, 2.05) is 13.0 Å². The van der Waals surface area contributed by atoms with Crippen molar-refractivity contribution in [2.24, 2.45) is 0 Å². The third-order valence-electron chi connectivity index (χ3n) is 2.65. The van der Waals surface area contributed by atoms with Gasteiger partial charge in [-0.05, 0) is 28.9 Å². The van der Waals surface area contributed by atoms with E-state index in [0.717, 1.165) is 22.3 Å². The van der Waals surface area contributed by atoms with Crippen LogP contribution < -0.4 is 10.1 Å². The van der Waals surface area contributed by atoms with Crippen molar-refractivity contribution < 1.29 is 4.74 Å². The van der Waals surface area contributed by atoms with Gasteiger partial charge in [-0.2, -0.15) is 4.98 Å². The zero-order chi connectivity index (χ0) is 14.5. The Balaban J connectivity index is 2.09. The number of aryl methyl sites for hydroxylation is 1. The van der Waals surface area contributed by atoms with Gasteiger partial charge >= 0.3 is 6.01 Å². The summed E-state index contributed by atoms with van der Waals surface area (Å²) >= 11 is 3.34. The van der Waals surface area contributed by atoms with Gasteiger partial charge < -0.3 is 10.1 Å². The molecule has 0 aromatic carbocycles. The first-order valence-corrected chi connectivity index (χ1v) is 7.18. The number of nitrogens with one attached hydrogen (secondary N) is 1. The van der Waals surface area contributed by atoms with Gasteiger partial charge in [0.15, 0.2) is 5.75 Å². The predicted octanol–water partition coefficient (Wildman–Crippen LogP) is 3.23. The molecule has 1 N–H and O–H groups in total. The van der Waals surface area contributed by atoms with E-state index in [4.69, 9.17) is 4.74 Å². The normalized spacial score (nSPS) is 10.8. The largest absolute Gasteiger partial charge is 0.423 e. The van der Waals surface area contributed by atoms with Crippen LogP contribution in [0, 0.1) is 6.92 Å². The average Bonchev–Trinajstić information content (AvgIpc) is 2.37. The van der Waals surface area contributed by atoms with Gasteiger partial charge in [0.2, 0.25) is 0 Å². The van der Waals surface area contributed by atoms with Gasteiger partial charge in [0.1, 0.15) is 0 Å². The first-order chi connectivity index (χ1) is 9.54. The van der Waals surface area contributed by atoms with Gasteiger partial charge in [-0.15, -0.1) is 0 Å². The molecule has 0 atom stereocenters.